The summed E-state index contributed by atoms with van der Waals surface area (Å²) >= 11 is 0. The first-order chi connectivity index (χ1) is 8.25. The van der Waals surface area contributed by atoms with Crippen molar-refractivity contribution in [2.45, 2.75) is 19.4 Å². The molecule has 0 aromatic heterocycles. The second kappa shape index (κ2) is 6.15. The van der Waals surface area contributed by atoms with Crippen LogP contribution in [-0.2, 0) is 0 Å². The van der Waals surface area contributed by atoms with Gasteiger partial charge < -0.3 is 16.0 Å². The van der Waals surface area contributed by atoms with Crippen LogP contribution in [0.15, 0.2) is 24.3 Å². The summed E-state index contributed by atoms with van der Waals surface area (Å²) < 4.78 is 0. The van der Waals surface area contributed by atoms with Crippen molar-refractivity contribution < 1.29 is 0 Å². The molecule has 0 bridgehead atoms. The Labute approximate surface area is 104 Å². The third kappa shape index (κ3) is 3.80. The maximum Gasteiger partial charge on any atom is 0.0307 e. The van der Waals surface area contributed by atoms with Gasteiger partial charge in [0.05, 0.1) is 0 Å². The van der Waals surface area contributed by atoms with E-state index in [1.54, 1.807) is 0 Å². The van der Waals surface area contributed by atoms with Crippen molar-refractivity contribution in [1.82, 2.24) is 10.2 Å². The number of aryl methyl sites for hydroxylation is 1. The topological polar surface area (TPSA) is 41.3 Å². The molecule has 0 saturated carbocycles. The normalized spacial score (nSPS) is 19.2. The molecule has 2 rings (SSSR count). The molecule has 1 fully saturated rings. The van der Waals surface area contributed by atoms with Crippen molar-refractivity contribution in [3.05, 3.63) is 35.4 Å². The molecule has 17 heavy (non-hydrogen) atoms. The van der Waals surface area contributed by atoms with E-state index in [2.05, 4.69) is 41.4 Å². The summed E-state index contributed by atoms with van der Waals surface area (Å²) in [6.07, 6.45) is 1.04. The Kier molecular flexibility index (Phi) is 4.54. The first kappa shape index (κ1) is 12.6. The molecule has 0 amide bonds. The average molecular weight is 233 g/mol. The van der Waals surface area contributed by atoms with Crippen molar-refractivity contribution in [2.75, 3.05) is 32.7 Å². The van der Waals surface area contributed by atoms with Gasteiger partial charge in [-0.05, 0) is 18.9 Å². The Morgan fingerprint density at radius 3 is 2.53 bits per heavy atom. The lowest BCUT2D eigenvalue weighted by molar-refractivity contribution is 0.233. The Bertz CT molecular complexity index is 328. The number of piperazine rings is 1. The van der Waals surface area contributed by atoms with Gasteiger partial charge in [-0.25, -0.2) is 0 Å². The van der Waals surface area contributed by atoms with Crippen LogP contribution in [0.4, 0.5) is 0 Å². The van der Waals surface area contributed by atoms with Crippen molar-refractivity contribution in [3.8, 4) is 0 Å². The molecule has 94 valence electrons. The van der Waals surface area contributed by atoms with Gasteiger partial charge in [-0.1, -0.05) is 29.8 Å². The van der Waals surface area contributed by atoms with Gasteiger partial charge in [0.2, 0.25) is 0 Å². The zero-order chi connectivity index (χ0) is 12.1. The van der Waals surface area contributed by atoms with Gasteiger partial charge in [0.25, 0.3) is 0 Å². The van der Waals surface area contributed by atoms with Crippen LogP contribution in [-0.4, -0.2) is 37.6 Å². The molecule has 0 aliphatic carbocycles. The zero-order valence-electron chi connectivity index (χ0n) is 10.7. The number of hydrogen-bond acceptors (Lipinski definition) is 3. The maximum absolute atomic E-state index is 6.22. The third-order valence-corrected chi connectivity index (χ3v) is 3.47. The Balaban J connectivity index is 1.80. The fraction of sp³-hybridized carbons (Fsp3) is 0.571. The summed E-state index contributed by atoms with van der Waals surface area (Å²) in [7, 11) is 0. The SMILES string of the molecule is Cc1ccc(C(N)CCN2CCNCC2)cc1. The fourth-order valence-corrected chi connectivity index (χ4v) is 2.24. The molecule has 1 atom stereocenters. The molecule has 1 heterocycles. The molecule has 3 N–H and O–H groups in total. The minimum atomic E-state index is 0.172. The highest BCUT2D eigenvalue weighted by Gasteiger charge is 2.12. The first-order valence-electron chi connectivity index (χ1n) is 6.51. The van der Waals surface area contributed by atoms with E-state index in [0.29, 0.717) is 0 Å². The maximum atomic E-state index is 6.22. The van der Waals surface area contributed by atoms with E-state index in [9.17, 15) is 0 Å². The van der Waals surface area contributed by atoms with Gasteiger partial charge in [-0.15, -0.1) is 0 Å². The Morgan fingerprint density at radius 1 is 1.24 bits per heavy atom. The molecule has 1 aromatic rings. The molecule has 1 aliphatic rings. The van der Waals surface area contributed by atoms with Crippen molar-refractivity contribution >= 4 is 0 Å². The predicted molar refractivity (Wildman–Crippen MR) is 72.0 cm³/mol. The molecule has 0 radical (unpaired) electrons. The number of nitrogens with zero attached hydrogens (tertiary/aromatic N) is 1. The van der Waals surface area contributed by atoms with Crippen LogP contribution in [0, 0.1) is 6.92 Å². The van der Waals surface area contributed by atoms with Crippen LogP contribution in [0.25, 0.3) is 0 Å². The monoisotopic (exact) mass is 233 g/mol. The number of nitrogens with one attached hydrogen (secondary N) is 1. The molecule has 1 saturated heterocycles. The summed E-state index contributed by atoms with van der Waals surface area (Å²) in [6.45, 7) is 7.74. The van der Waals surface area contributed by atoms with E-state index in [1.807, 2.05) is 0 Å². The van der Waals surface area contributed by atoms with E-state index in [1.165, 1.54) is 11.1 Å². The van der Waals surface area contributed by atoms with E-state index < -0.39 is 0 Å². The number of benzene rings is 1. The molecular weight excluding hydrogens is 210 g/mol. The summed E-state index contributed by atoms with van der Waals surface area (Å²) in [6, 6.07) is 8.75. The van der Waals surface area contributed by atoms with Crippen molar-refractivity contribution in [2.24, 2.45) is 5.73 Å². The minimum Gasteiger partial charge on any atom is -0.324 e. The third-order valence-electron chi connectivity index (χ3n) is 3.47. The van der Waals surface area contributed by atoms with E-state index in [0.717, 1.165) is 39.1 Å². The molecular formula is C14H23N3. The van der Waals surface area contributed by atoms with Gasteiger partial charge in [-0.3, -0.25) is 0 Å². The fourth-order valence-electron chi connectivity index (χ4n) is 2.24. The molecule has 1 unspecified atom stereocenters. The van der Waals surface area contributed by atoms with Crippen LogP contribution in [0.5, 0.6) is 0 Å². The number of rotatable bonds is 4. The molecule has 1 aromatic carbocycles. The Hall–Kier alpha value is -0.900. The van der Waals surface area contributed by atoms with Gasteiger partial charge in [-0.2, -0.15) is 0 Å². The van der Waals surface area contributed by atoms with Crippen LogP contribution < -0.4 is 11.1 Å². The standard InChI is InChI=1S/C14H23N3/c1-12-2-4-13(5-3-12)14(15)6-9-17-10-7-16-8-11-17/h2-5,14,16H,6-11,15H2,1H3. The van der Waals surface area contributed by atoms with Crippen LogP contribution in [0.1, 0.15) is 23.6 Å². The molecule has 0 spiro atoms. The highest BCUT2D eigenvalue weighted by atomic mass is 15.2. The minimum absolute atomic E-state index is 0.172. The highest BCUT2D eigenvalue weighted by Crippen LogP contribution is 2.15. The summed E-state index contributed by atoms with van der Waals surface area (Å²) in [5.74, 6) is 0. The summed E-state index contributed by atoms with van der Waals surface area (Å²) in [5.41, 5.74) is 8.77. The predicted octanol–water partition coefficient (Wildman–Crippen LogP) is 1.29. The lowest BCUT2D eigenvalue weighted by atomic mass is 10.0. The Morgan fingerprint density at radius 2 is 1.88 bits per heavy atom. The molecule has 3 heteroatoms. The van der Waals surface area contributed by atoms with Gasteiger partial charge in [0.1, 0.15) is 0 Å². The first-order valence-corrected chi connectivity index (χ1v) is 6.51. The van der Waals surface area contributed by atoms with Crippen LogP contribution >= 0.6 is 0 Å². The number of nitrogens with two attached hydrogens (primary N) is 1. The second-order valence-electron chi connectivity index (χ2n) is 4.90. The van der Waals surface area contributed by atoms with E-state index >= 15 is 0 Å². The quantitative estimate of drug-likeness (QED) is 0.823. The van der Waals surface area contributed by atoms with Gasteiger partial charge in [0.15, 0.2) is 0 Å². The van der Waals surface area contributed by atoms with E-state index in [4.69, 9.17) is 5.73 Å². The van der Waals surface area contributed by atoms with Crippen molar-refractivity contribution in [1.29, 1.82) is 0 Å². The largest absolute Gasteiger partial charge is 0.324 e. The van der Waals surface area contributed by atoms with Crippen LogP contribution in [0.3, 0.4) is 0 Å². The van der Waals surface area contributed by atoms with Crippen molar-refractivity contribution in [3.63, 3.8) is 0 Å². The summed E-state index contributed by atoms with van der Waals surface area (Å²) in [5, 5.41) is 3.37. The average Bonchev–Trinajstić information content (AvgIpc) is 2.38. The zero-order valence-corrected chi connectivity index (χ0v) is 10.7. The van der Waals surface area contributed by atoms with Crippen LogP contribution in [0.2, 0.25) is 0 Å². The smallest absolute Gasteiger partial charge is 0.0307 e. The van der Waals surface area contributed by atoms with E-state index in [-0.39, 0.29) is 6.04 Å². The lowest BCUT2D eigenvalue weighted by Crippen LogP contribution is -2.44. The summed E-state index contributed by atoms with van der Waals surface area (Å²) in [4.78, 5) is 2.49. The highest BCUT2D eigenvalue weighted by molar-refractivity contribution is 5.23. The van der Waals surface area contributed by atoms with Gasteiger partial charge in [0, 0.05) is 38.8 Å². The van der Waals surface area contributed by atoms with Gasteiger partial charge >= 0.3 is 0 Å². The molecule has 1 aliphatic heterocycles. The molecule has 3 nitrogen and oxygen atoms in total. The lowest BCUT2D eigenvalue weighted by Gasteiger charge is -2.28. The number of hydrogen-bond donors (Lipinski definition) is 2. The second-order valence-corrected chi connectivity index (χ2v) is 4.90.